The molecule has 0 aliphatic rings. The second-order valence-electron chi connectivity index (χ2n) is 4.16. The number of hydrogen-bond donors (Lipinski definition) is 1. The molecule has 0 bridgehead atoms. The summed E-state index contributed by atoms with van der Waals surface area (Å²) in [5, 5.41) is 11.1. The summed E-state index contributed by atoms with van der Waals surface area (Å²) in [5.74, 6) is 1.74. The lowest BCUT2D eigenvalue weighted by Crippen LogP contribution is -2.12. The highest BCUT2D eigenvalue weighted by Gasteiger charge is 2.09. The largest absolute Gasteiger partial charge is 0.495 e. The summed E-state index contributed by atoms with van der Waals surface area (Å²) in [6.07, 6.45) is 1.06. The van der Waals surface area contributed by atoms with E-state index in [-0.39, 0.29) is 5.91 Å². The van der Waals surface area contributed by atoms with Gasteiger partial charge in [-0.3, -0.25) is 4.79 Å². The van der Waals surface area contributed by atoms with Crippen molar-refractivity contribution in [1.29, 1.82) is 0 Å². The molecule has 1 heterocycles. The summed E-state index contributed by atoms with van der Waals surface area (Å²) in [6, 6.07) is 7.30. The average Bonchev–Trinajstić information content (AvgIpc) is 2.96. The summed E-state index contributed by atoms with van der Waals surface area (Å²) in [4.78, 5) is 11.9. The molecule has 0 saturated heterocycles. The van der Waals surface area contributed by atoms with E-state index < -0.39 is 0 Å². The zero-order valence-electron chi connectivity index (χ0n) is 12.0. The van der Waals surface area contributed by atoms with Crippen molar-refractivity contribution < 1.29 is 13.9 Å². The van der Waals surface area contributed by atoms with Crippen molar-refractivity contribution in [3.8, 4) is 5.75 Å². The number of ether oxygens (including phenoxy) is 1. The van der Waals surface area contributed by atoms with E-state index in [9.17, 15) is 4.79 Å². The molecule has 1 aromatic carbocycles. The fraction of sp³-hybridized carbons (Fsp3) is 0.357. The smallest absolute Gasteiger partial charge is 0.276 e. The maximum Gasteiger partial charge on any atom is 0.276 e. The molecule has 0 aliphatic carbocycles. The monoisotopic (exact) mass is 307 g/mol. The van der Waals surface area contributed by atoms with Crippen LogP contribution in [0.25, 0.3) is 0 Å². The number of aromatic nitrogens is 2. The van der Waals surface area contributed by atoms with Gasteiger partial charge in [-0.2, -0.15) is 0 Å². The Morgan fingerprint density at radius 1 is 1.38 bits per heavy atom. The molecule has 1 N–H and O–H groups in total. The van der Waals surface area contributed by atoms with Crippen LogP contribution < -0.4 is 10.1 Å². The van der Waals surface area contributed by atoms with Crippen molar-refractivity contribution in [2.75, 3.05) is 18.2 Å². The SMILES string of the molecule is CCc1nnc(SCCC(=O)Nc2ccccc2OC)o1. The van der Waals surface area contributed by atoms with Gasteiger partial charge in [0, 0.05) is 18.6 Å². The molecule has 21 heavy (non-hydrogen) atoms. The third-order valence-electron chi connectivity index (χ3n) is 2.69. The van der Waals surface area contributed by atoms with E-state index in [2.05, 4.69) is 15.5 Å². The Hall–Kier alpha value is -2.02. The third kappa shape index (κ3) is 4.49. The van der Waals surface area contributed by atoms with Gasteiger partial charge in [-0.05, 0) is 12.1 Å². The Morgan fingerprint density at radius 2 is 2.19 bits per heavy atom. The second kappa shape index (κ2) is 7.68. The van der Waals surface area contributed by atoms with Crippen LogP contribution in [-0.2, 0) is 11.2 Å². The number of aryl methyl sites for hydroxylation is 1. The van der Waals surface area contributed by atoms with Gasteiger partial charge >= 0.3 is 0 Å². The van der Waals surface area contributed by atoms with E-state index in [0.29, 0.717) is 41.1 Å². The number of rotatable bonds is 7. The van der Waals surface area contributed by atoms with E-state index in [0.717, 1.165) is 0 Å². The number of hydrogen-bond acceptors (Lipinski definition) is 6. The van der Waals surface area contributed by atoms with Crippen LogP contribution in [0, 0.1) is 0 Å². The van der Waals surface area contributed by atoms with Crippen LogP contribution in [0.3, 0.4) is 0 Å². The average molecular weight is 307 g/mol. The first kappa shape index (κ1) is 15.4. The number of thioether (sulfide) groups is 1. The van der Waals surface area contributed by atoms with Crippen molar-refractivity contribution >= 4 is 23.4 Å². The van der Waals surface area contributed by atoms with Gasteiger partial charge < -0.3 is 14.5 Å². The first-order chi connectivity index (χ1) is 10.2. The molecular formula is C14H17N3O3S. The highest BCUT2D eigenvalue weighted by Crippen LogP contribution is 2.23. The van der Waals surface area contributed by atoms with Crippen LogP contribution >= 0.6 is 11.8 Å². The lowest BCUT2D eigenvalue weighted by atomic mass is 10.3. The molecule has 7 heteroatoms. The van der Waals surface area contributed by atoms with Gasteiger partial charge in [0.2, 0.25) is 11.8 Å². The molecule has 1 amide bonds. The highest BCUT2D eigenvalue weighted by atomic mass is 32.2. The van der Waals surface area contributed by atoms with Crippen LogP contribution in [0.4, 0.5) is 5.69 Å². The van der Waals surface area contributed by atoms with Crippen molar-refractivity contribution in [3.63, 3.8) is 0 Å². The third-order valence-corrected chi connectivity index (χ3v) is 3.51. The number of nitrogens with zero attached hydrogens (tertiary/aromatic N) is 2. The standard InChI is InChI=1S/C14H17N3O3S/c1-3-13-16-17-14(20-13)21-9-8-12(18)15-10-6-4-5-7-11(10)19-2/h4-7H,3,8-9H2,1-2H3,(H,15,18). The molecule has 0 aliphatic heterocycles. The molecule has 0 atom stereocenters. The van der Waals surface area contributed by atoms with Gasteiger partial charge in [-0.15, -0.1) is 10.2 Å². The Labute approximate surface area is 127 Å². The number of amides is 1. The van der Waals surface area contributed by atoms with Crippen LogP contribution in [0.2, 0.25) is 0 Å². The van der Waals surface area contributed by atoms with E-state index in [1.54, 1.807) is 19.2 Å². The van der Waals surface area contributed by atoms with Crippen LogP contribution in [-0.4, -0.2) is 29.0 Å². The number of benzene rings is 1. The quantitative estimate of drug-likeness (QED) is 0.793. The Morgan fingerprint density at radius 3 is 2.90 bits per heavy atom. The zero-order chi connectivity index (χ0) is 15.1. The van der Waals surface area contributed by atoms with Crippen molar-refractivity contribution in [2.24, 2.45) is 0 Å². The van der Waals surface area contributed by atoms with Gasteiger partial charge in [0.25, 0.3) is 5.22 Å². The zero-order valence-corrected chi connectivity index (χ0v) is 12.8. The van der Waals surface area contributed by atoms with Crippen molar-refractivity contribution in [1.82, 2.24) is 10.2 Å². The number of carbonyl (C=O) groups is 1. The van der Waals surface area contributed by atoms with E-state index in [4.69, 9.17) is 9.15 Å². The number of para-hydroxylation sites is 2. The summed E-state index contributed by atoms with van der Waals surface area (Å²) >= 11 is 1.37. The molecule has 0 radical (unpaired) electrons. The normalized spacial score (nSPS) is 10.4. The second-order valence-corrected chi connectivity index (χ2v) is 5.21. The molecular weight excluding hydrogens is 290 g/mol. The Kier molecular flexibility index (Phi) is 5.62. The first-order valence-electron chi connectivity index (χ1n) is 6.61. The van der Waals surface area contributed by atoms with Gasteiger partial charge in [0.15, 0.2) is 0 Å². The summed E-state index contributed by atoms with van der Waals surface area (Å²) in [6.45, 7) is 1.95. The lowest BCUT2D eigenvalue weighted by molar-refractivity contribution is -0.115. The predicted molar refractivity (Wildman–Crippen MR) is 80.6 cm³/mol. The van der Waals surface area contributed by atoms with Crippen LogP contribution in [0.5, 0.6) is 5.75 Å². The van der Waals surface area contributed by atoms with Crippen LogP contribution in [0.15, 0.2) is 33.9 Å². The first-order valence-corrected chi connectivity index (χ1v) is 7.59. The van der Waals surface area contributed by atoms with Crippen molar-refractivity contribution in [2.45, 2.75) is 25.0 Å². The minimum Gasteiger partial charge on any atom is -0.495 e. The number of methoxy groups -OCH3 is 1. The molecule has 6 nitrogen and oxygen atoms in total. The fourth-order valence-electron chi connectivity index (χ4n) is 1.63. The Balaban J connectivity index is 1.79. The predicted octanol–water partition coefficient (Wildman–Crippen LogP) is 2.76. The fourth-order valence-corrected chi connectivity index (χ4v) is 2.35. The summed E-state index contributed by atoms with van der Waals surface area (Å²) in [5.41, 5.74) is 0.668. The molecule has 1 aromatic heterocycles. The molecule has 0 saturated carbocycles. The topological polar surface area (TPSA) is 77.2 Å². The van der Waals surface area contributed by atoms with Crippen molar-refractivity contribution in [3.05, 3.63) is 30.2 Å². The van der Waals surface area contributed by atoms with E-state index >= 15 is 0 Å². The van der Waals surface area contributed by atoms with Gasteiger partial charge in [0.1, 0.15) is 5.75 Å². The molecule has 0 fully saturated rings. The maximum atomic E-state index is 11.9. The van der Waals surface area contributed by atoms with Gasteiger partial charge in [0.05, 0.1) is 12.8 Å². The van der Waals surface area contributed by atoms with Crippen LogP contribution in [0.1, 0.15) is 19.2 Å². The number of carbonyl (C=O) groups excluding carboxylic acids is 1. The number of anilines is 1. The molecule has 0 spiro atoms. The van der Waals surface area contributed by atoms with Gasteiger partial charge in [-0.25, -0.2) is 0 Å². The Bertz CT molecular complexity index is 601. The number of nitrogens with one attached hydrogen (secondary N) is 1. The lowest BCUT2D eigenvalue weighted by Gasteiger charge is -2.09. The molecule has 112 valence electrons. The highest BCUT2D eigenvalue weighted by molar-refractivity contribution is 7.99. The molecule has 2 rings (SSSR count). The minimum atomic E-state index is -0.0813. The maximum absolute atomic E-state index is 11.9. The molecule has 0 unspecified atom stereocenters. The summed E-state index contributed by atoms with van der Waals surface area (Å²) in [7, 11) is 1.57. The molecule has 2 aromatic rings. The van der Waals surface area contributed by atoms with E-state index in [1.165, 1.54) is 11.8 Å². The van der Waals surface area contributed by atoms with Gasteiger partial charge in [-0.1, -0.05) is 30.8 Å². The minimum absolute atomic E-state index is 0.0813. The summed E-state index contributed by atoms with van der Waals surface area (Å²) < 4.78 is 10.5. The van der Waals surface area contributed by atoms with E-state index in [1.807, 2.05) is 19.1 Å².